The van der Waals surface area contributed by atoms with Crippen LogP contribution < -0.4 is 5.14 Å². The van der Waals surface area contributed by atoms with Crippen molar-refractivity contribution in [3.05, 3.63) is 12.2 Å². The molecular formula is C7H11NO2S. The Bertz CT molecular complexity index is 306. The minimum absolute atomic E-state index is 0.466. The number of sulfonamides is 1. The van der Waals surface area contributed by atoms with E-state index in [9.17, 15) is 8.42 Å². The molecule has 4 heteroatoms. The van der Waals surface area contributed by atoms with Crippen LogP contribution >= 0.6 is 0 Å². The van der Waals surface area contributed by atoms with Gasteiger partial charge in [-0.2, -0.15) is 0 Å². The van der Waals surface area contributed by atoms with Gasteiger partial charge in [0.15, 0.2) is 0 Å². The fourth-order valence-electron chi connectivity index (χ4n) is 2.06. The van der Waals surface area contributed by atoms with Crippen molar-refractivity contribution in [1.82, 2.24) is 0 Å². The first-order valence-corrected chi connectivity index (χ1v) is 5.30. The lowest BCUT2D eigenvalue weighted by molar-refractivity contribution is 0.558. The lowest BCUT2D eigenvalue weighted by Gasteiger charge is -2.19. The molecular weight excluding hydrogens is 162 g/mol. The predicted octanol–water partition coefficient (Wildman–Crippen LogP) is 0.384. The van der Waals surface area contributed by atoms with Crippen LogP contribution in [0, 0.1) is 5.92 Å². The van der Waals surface area contributed by atoms with Crippen molar-refractivity contribution in [2.45, 2.75) is 24.0 Å². The first kappa shape index (κ1) is 7.31. The molecule has 0 aromatic rings. The largest absolute Gasteiger partial charge is 0.228 e. The molecule has 2 unspecified atom stereocenters. The van der Waals surface area contributed by atoms with Crippen molar-refractivity contribution in [3.63, 3.8) is 0 Å². The van der Waals surface area contributed by atoms with Crippen LogP contribution in [0.2, 0.25) is 0 Å². The fraction of sp³-hybridized carbons (Fsp3) is 0.714. The van der Waals surface area contributed by atoms with Crippen LogP contribution in [-0.2, 0) is 10.0 Å². The Morgan fingerprint density at radius 1 is 1.55 bits per heavy atom. The standard InChI is InChI=1S/C7H11NO2S/c8-11(9,10)7-3-1-6(5-7)2-4-7/h1,3,6H,2,4-5H2,(H2,8,9,10). The first-order valence-electron chi connectivity index (χ1n) is 3.75. The normalized spacial score (nSPS) is 41.7. The highest BCUT2D eigenvalue weighted by Gasteiger charge is 2.48. The maximum Gasteiger partial charge on any atom is 0.218 e. The van der Waals surface area contributed by atoms with Gasteiger partial charge >= 0.3 is 0 Å². The number of rotatable bonds is 1. The van der Waals surface area contributed by atoms with Gasteiger partial charge in [-0.1, -0.05) is 12.2 Å². The Hall–Kier alpha value is -0.350. The first-order chi connectivity index (χ1) is 5.04. The topological polar surface area (TPSA) is 60.2 Å². The molecule has 2 N–H and O–H groups in total. The average Bonchev–Trinajstić information content (AvgIpc) is 2.42. The van der Waals surface area contributed by atoms with Gasteiger partial charge in [0, 0.05) is 0 Å². The predicted molar refractivity (Wildman–Crippen MR) is 42.3 cm³/mol. The molecule has 2 atom stereocenters. The van der Waals surface area contributed by atoms with Gasteiger partial charge < -0.3 is 0 Å². The van der Waals surface area contributed by atoms with E-state index >= 15 is 0 Å². The minimum Gasteiger partial charge on any atom is -0.228 e. The zero-order chi connectivity index (χ0) is 8.11. The van der Waals surface area contributed by atoms with Crippen LogP contribution in [0.25, 0.3) is 0 Å². The Kier molecular flexibility index (Phi) is 1.24. The summed E-state index contributed by atoms with van der Waals surface area (Å²) >= 11 is 0. The Morgan fingerprint density at radius 3 is 2.45 bits per heavy atom. The van der Waals surface area contributed by atoms with Gasteiger partial charge in [0.1, 0.15) is 4.75 Å². The summed E-state index contributed by atoms with van der Waals surface area (Å²) in [5.74, 6) is 0.466. The molecule has 2 aliphatic carbocycles. The van der Waals surface area contributed by atoms with Crippen molar-refractivity contribution < 1.29 is 8.42 Å². The van der Waals surface area contributed by atoms with E-state index in [-0.39, 0.29) is 0 Å². The van der Waals surface area contributed by atoms with Gasteiger partial charge in [0.2, 0.25) is 10.0 Å². The second-order valence-corrected chi connectivity index (χ2v) is 5.37. The van der Waals surface area contributed by atoms with E-state index in [0.29, 0.717) is 18.8 Å². The van der Waals surface area contributed by atoms with Crippen LogP contribution in [0.5, 0.6) is 0 Å². The van der Waals surface area contributed by atoms with Gasteiger partial charge in [0.25, 0.3) is 0 Å². The van der Waals surface area contributed by atoms with Gasteiger partial charge in [0.05, 0.1) is 0 Å². The number of primary sulfonamides is 1. The Morgan fingerprint density at radius 2 is 2.27 bits per heavy atom. The molecule has 0 spiro atoms. The van der Waals surface area contributed by atoms with Crippen molar-refractivity contribution in [2.24, 2.45) is 11.1 Å². The molecule has 0 aromatic carbocycles. The molecule has 62 valence electrons. The second-order valence-electron chi connectivity index (χ2n) is 3.47. The molecule has 1 fully saturated rings. The quantitative estimate of drug-likeness (QED) is 0.583. The number of hydrogen-bond donors (Lipinski definition) is 1. The van der Waals surface area contributed by atoms with Crippen LogP contribution in [0.15, 0.2) is 12.2 Å². The molecule has 3 nitrogen and oxygen atoms in total. The third-order valence-corrected chi connectivity index (χ3v) is 4.42. The van der Waals surface area contributed by atoms with E-state index in [0.717, 1.165) is 6.42 Å². The summed E-state index contributed by atoms with van der Waals surface area (Å²) < 4.78 is 21.6. The number of hydrogen-bond acceptors (Lipinski definition) is 2. The zero-order valence-electron chi connectivity index (χ0n) is 6.16. The van der Waals surface area contributed by atoms with Crippen molar-refractivity contribution in [2.75, 3.05) is 0 Å². The van der Waals surface area contributed by atoms with Gasteiger partial charge in [-0.25, -0.2) is 13.6 Å². The van der Waals surface area contributed by atoms with E-state index in [4.69, 9.17) is 5.14 Å². The summed E-state index contributed by atoms with van der Waals surface area (Å²) in [6, 6.07) is 0. The third kappa shape index (κ3) is 0.858. The summed E-state index contributed by atoms with van der Waals surface area (Å²) in [6.45, 7) is 0. The molecule has 0 saturated heterocycles. The molecule has 2 rings (SSSR count). The minimum atomic E-state index is -3.36. The summed E-state index contributed by atoms with van der Waals surface area (Å²) in [5.41, 5.74) is 0. The van der Waals surface area contributed by atoms with Crippen LogP contribution in [0.4, 0.5) is 0 Å². The molecule has 2 bridgehead atoms. The Balaban J connectivity index is 2.46. The van der Waals surface area contributed by atoms with E-state index < -0.39 is 14.8 Å². The lowest BCUT2D eigenvalue weighted by atomic mass is 10.1. The highest BCUT2D eigenvalue weighted by molar-refractivity contribution is 7.90. The SMILES string of the molecule is NS(=O)(=O)C12C=CC(CC1)C2. The molecule has 0 heterocycles. The highest BCUT2D eigenvalue weighted by atomic mass is 32.2. The van der Waals surface area contributed by atoms with E-state index in [1.165, 1.54) is 0 Å². The number of fused-ring (bicyclic) bond motifs is 2. The van der Waals surface area contributed by atoms with Crippen molar-refractivity contribution >= 4 is 10.0 Å². The van der Waals surface area contributed by atoms with Crippen molar-refractivity contribution in [1.29, 1.82) is 0 Å². The molecule has 0 aromatic heterocycles. The van der Waals surface area contributed by atoms with Crippen molar-refractivity contribution in [3.8, 4) is 0 Å². The number of allylic oxidation sites excluding steroid dienone is 1. The maximum absolute atomic E-state index is 11.1. The van der Waals surface area contributed by atoms with Crippen LogP contribution in [0.1, 0.15) is 19.3 Å². The average molecular weight is 173 g/mol. The van der Waals surface area contributed by atoms with Crippen LogP contribution in [0.3, 0.4) is 0 Å². The Labute approximate surface area is 66.3 Å². The molecule has 11 heavy (non-hydrogen) atoms. The molecule has 1 saturated carbocycles. The molecule has 0 aliphatic heterocycles. The zero-order valence-corrected chi connectivity index (χ0v) is 6.97. The van der Waals surface area contributed by atoms with E-state index in [1.807, 2.05) is 6.08 Å². The van der Waals surface area contributed by atoms with Gasteiger partial charge in [-0.3, -0.25) is 0 Å². The number of nitrogens with two attached hydrogens (primary N) is 1. The second kappa shape index (κ2) is 1.87. The van der Waals surface area contributed by atoms with Crippen LogP contribution in [-0.4, -0.2) is 13.2 Å². The fourth-order valence-corrected chi connectivity index (χ4v) is 3.17. The molecule has 0 radical (unpaired) electrons. The molecule has 2 aliphatic rings. The smallest absolute Gasteiger partial charge is 0.218 e. The maximum atomic E-state index is 11.1. The van der Waals surface area contributed by atoms with Gasteiger partial charge in [-0.15, -0.1) is 0 Å². The van der Waals surface area contributed by atoms with E-state index in [2.05, 4.69) is 0 Å². The third-order valence-electron chi connectivity index (χ3n) is 2.78. The lowest BCUT2D eigenvalue weighted by Crippen LogP contribution is -2.38. The van der Waals surface area contributed by atoms with E-state index in [1.54, 1.807) is 6.08 Å². The summed E-state index contributed by atoms with van der Waals surface area (Å²) in [4.78, 5) is 0. The summed E-state index contributed by atoms with van der Waals surface area (Å²) in [6.07, 6.45) is 6.16. The summed E-state index contributed by atoms with van der Waals surface area (Å²) in [5, 5.41) is 5.13. The monoisotopic (exact) mass is 173 g/mol. The van der Waals surface area contributed by atoms with Gasteiger partial charge in [-0.05, 0) is 25.2 Å². The molecule has 0 amide bonds. The highest BCUT2D eigenvalue weighted by Crippen LogP contribution is 2.46. The summed E-state index contributed by atoms with van der Waals surface area (Å²) in [7, 11) is -3.36.